The summed E-state index contributed by atoms with van der Waals surface area (Å²) in [5, 5.41) is 2.71. The molecule has 1 heterocycles. The second kappa shape index (κ2) is 13.1. The first kappa shape index (κ1) is 27.9. The lowest BCUT2D eigenvalue weighted by molar-refractivity contribution is -0.816. The second-order valence-corrected chi connectivity index (χ2v) is 10.0. The van der Waals surface area contributed by atoms with Crippen LogP contribution in [0.15, 0.2) is 91.0 Å². The van der Waals surface area contributed by atoms with Crippen molar-refractivity contribution in [3.8, 4) is 0 Å². The molecule has 1 N–H and O–H groups in total. The van der Waals surface area contributed by atoms with E-state index in [1.807, 2.05) is 48.5 Å². The third-order valence-corrected chi connectivity index (χ3v) is 7.33. The average molecular weight is 528 g/mol. The molecule has 7 nitrogen and oxygen atoms in total. The Morgan fingerprint density at radius 1 is 0.821 bits per heavy atom. The van der Waals surface area contributed by atoms with Gasteiger partial charge in [0.25, 0.3) is 5.91 Å². The predicted octanol–water partition coefficient (Wildman–Crippen LogP) is 5.59. The number of likely N-dealkylation sites (tertiary alicyclic amines) is 1. The number of benzene rings is 3. The van der Waals surface area contributed by atoms with Crippen LogP contribution in [0.3, 0.4) is 0 Å². The monoisotopic (exact) mass is 527 g/mol. The van der Waals surface area contributed by atoms with Crippen molar-refractivity contribution in [2.75, 3.05) is 0 Å². The fourth-order valence-electron chi connectivity index (χ4n) is 5.22. The molecule has 0 radical (unpaired) electrons. The van der Waals surface area contributed by atoms with E-state index in [2.05, 4.69) is 17.4 Å². The van der Waals surface area contributed by atoms with Gasteiger partial charge in [0.2, 0.25) is 11.9 Å². The molecule has 3 aromatic rings. The Morgan fingerprint density at radius 2 is 1.41 bits per heavy atom. The van der Waals surface area contributed by atoms with Crippen molar-refractivity contribution in [3.05, 3.63) is 108 Å². The van der Waals surface area contributed by atoms with Crippen molar-refractivity contribution < 1.29 is 28.4 Å². The van der Waals surface area contributed by atoms with Crippen LogP contribution < -0.4 is 5.32 Å². The van der Waals surface area contributed by atoms with Gasteiger partial charge in [-0.05, 0) is 49.4 Å². The van der Waals surface area contributed by atoms with Crippen molar-refractivity contribution in [1.29, 1.82) is 0 Å². The van der Waals surface area contributed by atoms with E-state index in [0.717, 1.165) is 24.8 Å². The van der Waals surface area contributed by atoms with Gasteiger partial charge in [-0.3, -0.25) is 14.9 Å². The molecule has 1 saturated heterocycles. The number of amides is 3. The van der Waals surface area contributed by atoms with Gasteiger partial charge >= 0.3 is 12.0 Å². The molecule has 3 atom stereocenters. The van der Waals surface area contributed by atoms with Gasteiger partial charge in [-0.15, -0.1) is 4.48 Å². The number of ether oxygens (including phenoxy) is 1. The van der Waals surface area contributed by atoms with Crippen LogP contribution in [0.2, 0.25) is 0 Å². The first-order chi connectivity index (χ1) is 18.9. The molecule has 4 rings (SSSR count). The highest BCUT2D eigenvalue weighted by Gasteiger charge is 2.64. The molecule has 1 aliphatic rings. The standard InChI is InChI=1S/C32H34N2O5/c1-24-22-28(35)30(33-31(37)27-19-11-5-12-20-27)34(24,32(38)39-23-26-17-9-3-10-18-26)29(36)21-13-4-8-16-25-14-6-2-7-15-25/h2-3,5-7,9-12,14-15,17-20,24,30H,4,8,13,16,21-23H2,1H3/p+1/t24?,30-,34?/m0/s1. The number of rotatable bonds is 10. The number of unbranched alkanes of at least 4 members (excludes halogenated alkanes) is 2. The Morgan fingerprint density at radius 3 is 2.05 bits per heavy atom. The number of nitrogens with one attached hydrogen (secondary N) is 1. The van der Waals surface area contributed by atoms with Crippen LogP contribution in [0.4, 0.5) is 4.79 Å². The van der Waals surface area contributed by atoms with E-state index in [1.54, 1.807) is 37.3 Å². The molecule has 1 aliphatic heterocycles. The van der Waals surface area contributed by atoms with Crippen molar-refractivity contribution >= 4 is 23.7 Å². The van der Waals surface area contributed by atoms with Gasteiger partial charge in [0, 0.05) is 5.56 Å². The maximum atomic E-state index is 13.9. The molecular weight excluding hydrogens is 492 g/mol. The van der Waals surface area contributed by atoms with Crippen molar-refractivity contribution in [1.82, 2.24) is 5.32 Å². The van der Waals surface area contributed by atoms with E-state index in [4.69, 9.17) is 4.74 Å². The molecule has 7 heteroatoms. The molecule has 0 saturated carbocycles. The summed E-state index contributed by atoms with van der Waals surface area (Å²) < 4.78 is 4.81. The van der Waals surface area contributed by atoms with E-state index in [9.17, 15) is 19.2 Å². The van der Waals surface area contributed by atoms with Crippen LogP contribution in [-0.4, -0.2) is 40.4 Å². The normalized spacial score (nSPS) is 20.4. The lowest BCUT2D eigenvalue weighted by atomic mass is 10.1. The van der Waals surface area contributed by atoms with Crippen LogP contribution >= 0.6 is 0 Å². The zero-order valence-electron chi connectivity index (χ0n) is 22.3. The third-order valence-electron chi connectivity index (χ3n) is 7.33. The molecule has 0 bridgehead atoms. The van der Waals surface area contributed by atoms with Crippen LogP contribution in [0.5, 0.6) is 0 Å². The number of nitrogens with zero attached hydrogens (tertiary/aromatic N) is 1. The summed E-state index contributed by atoms with van der Waals surface area (Å²) in [4.78, 5) is 53.9. The SMILES string of the molecule is CC1CC(=O)[C@@H](NC(=O)c2ccccc2)[N+]1(C(=O)CCCCCc1ccccc1)C(=O)OCc1ccccc1. The molecule has 3 amide bonds. The average Bonchev–Trinajstić information content (AvgIpc) is 3.22. The summed E-state index contributed by atoms with van der Waals surface area (Å²) in [5.41, 5.74) is 2.34. The topological polar surface area (TPSA) is 89.5 Å². The summed E-state index contributed by atoms with van der Waals surface area (Å²) in [6, 6.07) is 27.1. The Balaban J connectivity index is 1.52. The number of imide groups is 1. The maximum Gasteiger partial charge on any atom is 0.526 e. The van der Waals surface area contributed by atoms with Crippen LogP contribution in [0.25, 0.3) is 0 Å². The van der Waals surface area contributed by atoms with E-state index in [-0.39, 0.29) is 25.2 Å². The van der Waals surface area contributed by atoms with E-state index >= 15 is 0 Å². The van der Waals surface area contributed by atoms with Gasteiger partial charge in [-0.1, -0.05) is 85.3 Å². The highest BCUT2D eigenvalue weighted by Crippen LogP contribution is 2.34. The smallest absolute Gasteiger partial charge is 0.415 e. The van der Waals surface area contributed by atoms with Gasteiger partial charge < -0.3 is 4.74 Å². The highest BCUT2D eigenvalue weighted by molar-refractivity contribution is 6.00. The van der Waals surface area contributed by atoms with Gasteiger partial charge in [0.1, 0.15) is 12.6 Å². The van der Waals surface area contributed by atoms with Crippen LogP contribution in [0, 0.1) is 0 Å². The molecule has 3 aromatic carbocycles. The number of carbonyl (C=O) groups excluding carboxylic acids is 4. The van der Waals surface area contributed by atoms with E-state index < -0.39 is 34.6 Å². The Hall–Kier alpha value is -4.10. The minimum Gasteiger partial charge on any atom is -0.415 e. The first-order valence-electron chi connectivity index (χ1n) is 13.5. The Bertz CT molecular complexity index is 1280. The largest absolute Gasteiger partial charge is 0.526 e. The molecule has 0 spiro atoms. The second-order valence-electron chi connectivity index (χ2n) is 10.0. The van der Waals surface area contributed by atoms with E-state index in [1.165, 1.54) is 5.56 Å². The van der Waals surface area contributed by atoms with Crippen molar-refractivity contribution in [3.63, 3.8) is 0 Å². The number of hydrogen-bond donors (Lipinski definition) is 1. The zero-order valence-corrected chi connectivity index (χ0v) is 22.3. The third kappa shape index (κ3) is 6.49. The maximum absolute atomic E-state index is 13.9. The van der Waals surface area contributed by atoms with Crippen LogP contribution in [0.1, 0.15) is 60.5 Å². The minimum absolute atomic E-state index is 0.0140. The minimum atomic E-state index is -1.34. The number of ketones is 1. The fourth-order valence-corrected chi connectivity index (χ4v) is 5.22. The van der Waals surface area contributed by atoms with Crippen LogP contribution in [-0.2, 0) is 27.4 Å². The fraction of sp³-hybridized carbons (Fsp3) is 0.312. The van der Waals surface area contributed by atoms with Gasteiger partial charge in [0.05, 0.1) is 12.8 Å². The number of Topliss-reactive ketones (excluding diaryl/α,β-unsaturated/α-hetero) is 1. The summed E-state index contributed by atoms with van der Waals surface area (Å²) in [5.74, 6) is -1.29. The lowest BCUT2D eigenvalue weighted by Crippen LogP contribution is -2.69. The number of quaternary nitrogens is 1. The Kier molecular flexibility index (Phi) is 9.39. The summed E-state index contributed by atoms with van der Waals surface area (Å²) in [7, 11) is 0. The molecule has 0 aromatic heterocycles. The molecule has 0 aliphatic carbocycles. The van der Waals surface area contributed by atoms with Gasteiger partial charge in [0.15, 0.2) is 0 Å². The molecular formula is C32H35N2O5+. The number of hydrogen-bond acceptors (Lipinski definition) is 5. The highest BCUT2D eigenvalue weighted by atomic mass is 16.6. The number of carbonyl (C=O) groups is 4. The lowest BCUT2D eigenvalue weighted by Gasteiger charge is -2.35. The van der Waals surface area contributed by atoms with Gasteiger partial charge in [-0.2, -0.15) is 4.79 Å². The molecule has 1 fully saturated rings. The first-order valence-corrected chi connectivity index (χ1v) is 13.5. The van der Waals surface area contributed by atoms with E-state index in [0.29, 0.717) is 12.0 Å². The van der Waals surface area contributed by atoms with Gasteiger partial charge in [-0.25, -0.2) is 4.79 Å². The molecule has 2 unspecified atom stereocenters. The Labute approximate surface area is 229 Å². The number of aryl methyl sites for hydroxylation is 1. The summed E-state index contributed by atoms with van der Waals surface area (Å²) >= 11 is 0. The zero-order chi connectivity index (χ0) is 27.7. The summed E-state index contributed by atoms with van der Waals surface area (Å²) in [6.07, 6.45) is 1.10. The predicted molar refractivity (Wildman–Crippen MR) is 147 cm³/mol. The summed E-state index contributed by atoms with van der Waals surface area (Å²) in [6.45, 7) is 1.66. The molecule has 202 valence electrons. The quantitative estimate of drug-likeness (QED) is 0.274. The molecule has 39 heavy (non-hydrogen) atoms. The van der Waals surface area contributed by atoms with Crippen molar-refractivity contribution in [2.45, 2.75) is 64.3 Å². The van der Waals surface area contributed by atoms with Crippen molar-refractivity contribution in [2.24, 2.45) is 0 Å².